The van der Waals surface area contributed by atoms with Gasteiger partial charge in [0.05, 0.1) is 16.3 Å². The smallest absolute Gasteiger partial charge is 0.277 e. The van der Waals surface area contributed by atoms with Crippen LogP contribution in [0.2, 0.25) is 15.1 Å². The second kappa shape index (κ2) is 9.15. The molecule has 0 aliphatic heterocycles. The maximum Gasteiger partial charge on any atom is 0.277 e. The second-order valence-electron chi connectivity index (χ2n) is 5.80. The van der Waals surface area contributed by atoms with Gasteiger partial charge in [0.2, 0.25) is 0 Å². The molecule has 0 saturated heterocycles. The van der Waals surface area contributed by atoms with E-state index in [-0.39, 0.29) is 6.61 Å². The molecule has 5 nitrogen and oxygen atoms in total. The second-order valence-corrected chi connectivity index (χ2v) is 6.99. The molecule has 0 aliphatic rings. The van der Waals surface area contributed by atoms with E-state index in [1.54, 1.807) is 48.5 Å². The van der Waals surface area contributed by atoms with E-state index in [1.165, 1.54) is 6.21 Å². The molecule has 0 spiro atoms. The summed E-state index contributed by atoms with van der Waals surface area (Å²) >= 11 is 18.1. The Kier molecular flexibility index (Phi) is 6.62. The molecule has 0 saturated carbocycles. The first-order valence-electron chi connectivity index (χ1n) is 8.19. The maximum atomic E-state index is 11.8. The number of nitrogens with zero attached hydrogens (tertiary/aromatic N) is 1. The lowest BCUT2D eigenvalue weighted by molar-refractivity contribution is -0.123. The molecule has 8 heteroatoms. The number of carbonyl (C=O) groups is 1. The zero-order chi connectivity index (χ0) is 20.1. The lowest BCUT2D eigenvalue weighted by Crippen LogP contribution is -2.24. The summed E-state index contributed by atoms with van der Waals surface area (Å²) in [6.45, 7) is 1.67. The summed E-state index contributed by atoms with van der Waals surface area (Å²) in [5, 5.41) is 5.34. The van der Waals surface area contributed by atoms with Crippen LogP contribution < -0.4 is 10.2 Å². The number of nitrogens with one attached hydrogen (secondary N) is 1. The number of rotatable bonds is 6. The lowest BCUT2D eigenvalue weighted by atomic mass is 10.2. The average Bonchev–Trinajstić information content (AvgIpc) is 3.13. The summed E-state index contributed by atoms with van der Waals surface area (Å²) in [4.78, 5) is 11.8. The summed E-state index contributed by atoms with van der Waals surface area (Å²) in [5.74, 6) is 1.13. The Morgan fingerprint density at radius 1 is 1.14 bits per heavy atom. The van der Waals surface area contributed by atoms with Crippen molar-refractivity contribution in [2.45, 2.75) is 6.92 Å². The standard InChI is InChI=1S/C20H15Cl3N2O3/c1-12-9-13(5-7-16(12)21)27-11-19(26)25-24-10-14-6-8-18(28-14)15-3-2-4-17(22)20(15)23/h2-10H,11H2,1H3,(H,25,26)/b24-10-. The maximum absolute atomic E-state index is 11.8. The van der Waals surface area contributed by atoms with Crippen molar-refractivity contribution in [3.05, 3.63) is 74.9 Å². The minimum Gasteiger partial charge on any atom is -0.484 e. The molecular formula is C20H15Cl3N2O3. The van der Waals surface area contributed by atoms with Crippen molar-refractivity contribution in [2.24, 2.45) is 5.10 Å². The van der Waals surface area contributed by atoms with Gasteiger partial charge in [0.1, 0.15) is 17.3 Å². The van der Waals surface area contributed by atoms with Crippen molar-refractivity contribution in [3.8, 4) is 17.1 Å². The zero-order valence-electron chi connectivity index (χ0n) is 14.7. The number of amides is 1. The molecule has 1 heterocycles. The van der Waals surface area contributed by atoms with Crippen molar-refractivity contribution in [1.29, 1.82) is 0 Å². The summed E-state index contributed by atoms with van der Waals surface area (Å²) < 4.78 is 11.1. The third-order valence-electron chi connectivity index (χ3n) is 3.72. The lowest BCUT2D eigenvalue weighted by Gasteiger charge is -2.06. The van der Waals surface area contributed by atoms with Gasteiger partial charge in [0.15, 0.2) is 6.61 Å². The number of hydrogen-bond donors (Lipinski definition) is 1. The van der Waals surface area contributed by atoms with E-state index in [0.29, 0.717) is 37.9 Å². The first-order chi connectivity index (χ1) is 13.4. The number of hydrogen-bond acceptors (Lipinski definition) is 4. The number of ether oxygens (including phenoxy) is 1. The van der Waals surface area contributed by atoms with Gasteiger partial charge in [-0.25, -0.2) is 5.43 Å². The van der Waals surface area contributed by atoms with Crippen LogP contribution in [0.5, 0.6) is 5.75 Å². The molecule has 0 fully saturated rings. The number of aryl methyl sites for hydroxylation is 1. The molecule has 3 rings (SSSR count). The van der Waals surface area contributed by atoms with Gasteiger partial charge < -0.3 is 9.15 Å². The van der Waals surface area contributed by atoms with Crippen molar-refractivity contribution in [1.82, 2.24) is 5.43 Å². The van der Waals surface area contributed by atoms with Crippen molar-refractivity contribution in [3.63, 3.8) is 0 Å². The molecule has 28 heavy (non-hydrogen) atoms. The highest BCUT2D eigenvalue weighted by atomic mass is 35.5. The van der Waals surface area contributed by atoms with Crippen LogP contribution in [-0.2, 0) is 4.79 Å². The number of carbonyl (C=O) groups excluding carboxylic acids is 1. The third kappa shape index (κ3) is 5.07. The average molecular weight is 438 g/mol. The van der Waals surface area contributed by atoms with Gasteiger partial charge in [-0.15, -0.1) is 0 Å². The highest BCUT2D eigenvalue weighted by molar-refractivity contribution is 6.43. The Bertz CT molecular complexity index is 1030. The Labute approximate surface area is 176 Å². The quantitative estimate of drug-likeness (QED) is 0.395. The van der Waals surface area contributed by atoms with Crippen molar-refractivity contribution >= 4 is 46.9 Å². The Morgan fingerprint density at radius 3 is 2.75 bits per heavy atom. The van der Waals surface area contributed by atoms with Crippen LogP contribution in [0.25, 0.3) is 11.3 Å². The van der Waals surface area contributed by atoms with E-state index in [9.17, 15) is 4.79 Å². The zero-order valence-corrected chi connectivity index (χ0v) is 17.0. The molecule has 3 aromatic rings. The minimum absolute atomic E-state index is 0.181. The molecule has 1 aromatic heterocycles. The van der Waals surface area contributed by atoms with Gasteiger partial charge in [-0.2, -0.15) is 5.10 Å². The molecule has 1 N–H and O–H groups in total. The molecule has 0 bridgehead atoms. The molecule has 1 amide bonds. The van der Waals surface area contributed by atoms with Gasteiger partial charge in [0.25, 0.3) is 5.91 Å². The predicted molar refractivity (Wildman–Crippen MR) is 112 cm³/mol. The van der Waals surface area contributed by atoms with Gasteiger partial charge in [-0.05, 0) is 55.0 Å². The molecular weight excluding hydrogens is 423 g/mol. The predicted octanol–water partition coefficient (Wildman–Crippen LogP) is 5.74. The Hall–Kier alpha value is -2.47. The molecule has 0 atom stereocenters. The highest BCUT2D eigenvalue weighted by Crippen LogP contribution is 2.34. The van der Waals surface area contributed by atoms with Crippen LogP contribution in [0.3, 0.4) is 0 Å². The first kappa shape index (κ1) is 20.3. The van der Waals surface area contributed by atoms with E-state index in [2.05, 4.69) is 10.5 Å². The van der Waals surface area contributed by atoms with Gasteiger partial charge >= 0.3 is 0 Å². The van der Waals surface area contributed by atoms with Gasteiger partial charge in [-0.1, -0.05) is 40.9 Å². The Morgan fingerprint density at radius 2 is 1.96 bits per heavy atom. The van der Waals surface area contributed by atoms with Crippen molar-refractivity contribution < 1.29 is 13.9 Å². The van der Waals surface area contributed by atoms with E-state index >= 15 is 0 Å². The largest absolute Gasteiger partial charge is 0.484 e. The fraction of sp³-hybridized carbons (Fsp3) is 0.100. The van der Waals surface area contributed by atoms with Crippen LogP contribution in [0.15, 0.2) is 58.0 Å². The first-order valence-corrected chi connectivity index (χ1v) is 9.32. The van der Waals surface area contributed by atoms with E-state index < -0.39 is 5.91 Å². The van der Waals surface area contributed by atoms with E-state index in [1.807, 2.05) is 6.92 Å². The number of hydrazone groups is 1. The number of benzene rings is 2. The molecule has 0 radical (unpaired) electrons. The number of furan rings is 1. The van der Waals surface area contributed by atoms with Crippen LogP contribution in [-0.4, -0.2) is 18.7 Å². The van der Waals surface area contributed by atoms with Crippen LogP contribution >= 0.6 is 34.8 Å². The minimum atomic E-state index is -0.409. The van der Waals surface area contributed by atoms with E-state index in [4.69, 9.17) is 44.0 Å². The molecule has 0 aliphatic carbocycles. The van der Waals surface area contributed by atoms with E-state index in [0.717, 1.165) is 5.56 Å². The highest BCUT2D eigenvalue weighted by Gasteiger charge is 2.10. The van der Waals surface area contributed by atoms with Gasteiger partial charge in [-0.3, -0.25) is 4.79 Å². The molecule has 0 unspecified atom stereocenters. The third-order valence-corrected chi connectivity index (χ3v) is 4.97. The number of halogens is 3. The fourth-order valence-electron chi connectivity index (χ4n) is 2.32. The monoisotopic (exact) mass is 436 g/mol. The van der Waals surface area contributed by atoms with Crippen LogP contribution in [0, 0.1) is 6.92 Å². The van der Waals surface area contributed by atoms with Crippen LogP contribution in [0.1, 0.15) is 11.3 Å². The Balaban J connectivity index is 1.54. The molecule has 2 aromatic carbocycles. The summed E-state index contributed by atoms with van der Waals surface area (Å²) in [6, 6.07) is 13.9. The summed E-state index contributed by atoms with van der Waals surface area (Å²) in [7, 11) is 0. The van der Waals surface area contributed by atoms with Gasteiger partial charge in [0, 0.05) is 10.6 Å². The fourth-order valence-corrected chi connectivity index (χ4v) is 2.83. The SMILES string of the molecule is Cc1cc(OCC(=O)N/N=C\c2ccc(-c3cccc(Cl)c3Cl)o2)ccc1Cl. The van der Waals surface area contributed by atoms with Crippen LogP contribution in [0.4, 0.5) is 0 Å². The summed E-state index contributed by atoms with van der Waals surface area (Å²) in [6.07, 6.45) is 1.38. The molecule has 144 valence electrons. The van der Waals surface area contributed by atoms with Crippen molar-refractivity contribution in [2.75, 3.05) is 6.61 Å². The topological polar surface area (TPSA) is 63.8 Å². The normalized spacial score (nSPS) is 11.0. The summed E-state index contributed by atoms with van der Waals surface area (Å²) in [5.41, 5.74) is 3.91.